The van der Waals surface area contributed by atoms with Gasteiger partial charge in [-0.15, -0.1) is 11.3 Å². The topological polar surface area (TPSA) is 62.5 Å². The van der Waals surface area contributed by atoms with Gasteiger partial charge in [-0.05, 0) is 12.1 Å². The minimum atomic E-state index is -0.129. The summed E-state index contributed by atoms with van der Waals surface area (Å²) < 4.78 is 1.03. The normalized spacial score (nSPS) is 15.1. The Kier molecular flexibility index (Phi) is 3.92. The second-order valence-electron chi connectivity index (χ2n) is 5.22. The molecule has 118 valence electrons. The molecule has 0 radical (unpaired) electrons. The second-order valence-corrected chi connectivity index (χ2v) is 7.07. The van der Waals surface area contributed by atoms with Crippen LogP contribution in [0.1, 0.15) is 16.7 Å². The fourth-order valence-electron chi connectivity index (χ4n) is 2.56. The first-order valence-corrected chi connectivity index (χ1v) is 9.16. The Morgan fingerprint density at radius 1 is 1.17 bits per heavy atom. The molecule has 24 heavy (non-hydrogen) atoms. The molecule has 0 bridgehead atoms. The molecule has 0 spiro atoms. The minimum Gasteiger partial charge on any atom is -0.507 e. The summed E-state index contributed by atoms with van der Waals surface area (Å²) in [6.07, 6.45) is 1.71. The van der Waals surface area contributed by atoms with E-state index in [1.165, 1.54) is 11.8 Å². The van der Waals surface area contributed by atoms with Crippen LogP contribution in [0.15, 0.2) is 53.0 Å². The number of carbonyl (C=O) groups is 1. The predicted octanol–water partition coefficient (Wildman–Crippen LogP) is 4.37. The molecule has 1 aliphatic heterocycles. The third kappa shape index (κ3) is 2.74. The zero-order valence-corrected chi connectivity index (χ0v) is 14.1. The Labute approximate surface area is 146 Å². The molecule has 3 aromatic rings. The number of carbonyl (C=O) groups excluding carboxylic acids is 1. The molecular formula is C18H12N2O2S2. The number of aliphatic imine (C=N–C) groups is 1. The van der Waals surface area contributed by atoms with Crippen LogP contribution < -0.4 is 0 Å². The highest BCUT2D eigenvalue weighted by Gasteiger charge is 2.21. The number of rotatable bonds is 3. The van der Waals surface area contributed by atoms with Crippen molar-refractivity contribution in [1.82, 2.24) is 4.98 Å². The van der Waals surface area contributed by atoms with Gasteiger partial charge in [0.05, 0.1) is 21.5 Å². The fourth-order valence-corrected chi connectivity index (χ4v) is 4.08. The molecule has 0 fully saturated rings. The molecule has 0 unspecified atom stereocenters. The maximum absolute atomic E-state index is 11.5. The van der Waals surface area contributed by atoms with Crippen molar-refractivity contribution in [2.24, 2.45) is 4.99 Å². The lowest BCUT2D eigenvalue weighted by Gasteiger charge is -2.08. The first kappa shape index (κ1) is 15.1. The highest BCUT2D eigenvalue weighted by Crippen LogP contribution is 2.32. The lowest BCUT2D eigenvalue weighted by Crippen LogP contribution is -1.97. The van der Waals surface area contributed by atoms with Crippen molar-refractivity contribution in [1.29, 1.82) is 0 Å². The molecule has 0 atom stereocenters. The number of aromatic nitrogens is 1. The Balaban J connectivity index is 1.91. The molecule has 4 nitrogen and oxygen atoms in total. The van der Waals surface area contributed by atoms with Crippen LogP contribution in [0.3, 0.4) is 0 Å². The monoisotopic (exact) mass is 352 g/mol. The van der Waals surface area contributed by atoms with Gasteiger partial charge in [0, 0.05) is 16.7 Å². The molecule has 1 aromatic heterocycles. The van der Waals surface area contributed by atoms with Crippen LogP contribution in [0.5, 0.6) is 0 Å². The highest BCUT2D eigenvalue weighted by molar-refractivity contribution is 8.15. The fraction of sp³-hybridized carbons (Fsp3) is 0.0556. The number of fused-ring (bicyclic) bond motifs is 1. The number of aliphatic hydroxyl groups is 1. The molecule has 1 aliphatic rings. The third-order valence-corrected chi connectivity index (χ3v) is 5.45. The summed E-state index contributed by atoms with van der Waals surface area (Å²) >= 11 is 2.96. The van der Waals surface area contributed by atoms with Crippen molar-refractivity contribution in [2.75, 3.05) is 5.75 Å². The Bertz CT molecular complexity index is 991. The van der Waals surface area contributed by atoms with Gasteiger partial charge in [0.25, 0.3) is 5.91 Å². The van der Waals surface area contributed by atoms with Crippen molar-refractivity contribution in [3.8, 4) is 0 Å². The maximum atomic E-state index is 11.5. The van der Waals surface area contributed by atoms with E-state index in [2.05, 4.69) is 9.98 Å². The molecular weight excluding hydrogens is 340 g/mol. The minimum absolute atomic E-state index is 0.129. The SMILES string of the molecule is O=C1CSC(c2ccc3scnc3c2C=C(O)c2ccccc2)=N1. The van der Waals surface area contributed by atoms with Crippen LogP contribution in [0, 0.1) is 0 Å². The lowest BCUT2D eigenvalue weighted by atomic mass is 10.0. The van der Waals surface area contributed by atoms with Gasteiger partial charge >= 0.3 is 0 Å². The van der Waals surface area contributed by atoms with E-state index in [1.54, 1.807) is 22.9 Å². The van der Waals surface area contributed by atoms with Crippen molar-refractivity contribution >= 4 is 56.1 Å². The van der Waals surface area contributed by atoms with Gasteiger partial charge in [-0.3, -0.25) is 4.79 Å². The van der Waals surface area contributed by atoms with Gasteiger partial charge in [-0.25, -0.2) is 9.98 Å². The van der Waals surface area contributed by atoms with E-state index in [0.717, 1.165) is 26.9 Å². The van der Waals surface area contributed by atoms with E-state index >= 15 is 0 Å². The number of thioether (sulfide) groups is 1. The van der Waals surface area contributed by atoms with Gasteiger partial charge < -0.3 is 5.11 Å². The number of hydrogen-bond donors (Lipinski definition) is 1. The van der Waals surface area contributed by atoms with E-state index in [1.807, 2.05) is 42.5 Å². The van der Waals surface area contributed by atoms with E-state index in [0.29, 0.717) is 10.8 Å². The Hall–Kier alpha value is -2.44. The van der Waals surface area contributed by atoms with Crippen molar-refractivity contribution in [3.63, 3.8) is 0 Å². The zero-order chi connectivity index (χ0) is 16.5. The Morgan fingerprint density at radius 2 is 2.00 bits per heavy atom. The molecule has 1 amide bonds. The molecule has 1 N–H and O–H groups in total. The van der Waals surface area contributed by atoms with Crippen molar-refractivity contribution in [2.45, 2.75) is 0 Å². The number of hydrogen-bond acceptors (Lipinski definition) is 5. The number of thiazole rings is 1. The lowest BCUT2D eigenvalue weighted by molar-refractivity contribution is -0.115. The average Bonchev–Trinajstić information content (AvgIpc) is 3.25. The molecule has 2 heterocycles. The zero-order valence-electron chi connectivity index (χ0n) is 12.5. The number of benzene rings is 2. The number of amides is 1. The van der Waals surface area contributed by atoms with Crippen LogP contribution >= 0.6 is 23.1 Å². The van der Waals surface area contributed by atoms with Crippen LogP contribution in [0.2, 0.25) is 0 Å². The molecule has 0 saturated heterocycles. The van der Waals surface area contributed by atoms with Crippen molar-refractivity contribution in [3.05, 3.63) is 64.7 Å². The van der Waals surface area contributed by atoms with Crippen molar-refractivity contribution < 1.29 is 9.90 Å². The van der Waals surface area contributed by atoms with Gasteiger partial charge in [-0.1, -0.05) is 48.2 Å². The standard InChI is InChI=1S/C18H12N2O2S2/c21-14(11-4-2-1-3-5-11)8-13-12(18-20-16(22)9-23-18)6-7-15-17(13)19-10-24-15/h1-8,10,21H,9H2. The van der Waals surface area contributed by atoms with Crippen LogP contribution in [-0.2, 0) is 4.79 Å². The summed E-state index contributed by atoms with van der Waals surface area (Å²) in [5.41, 5.74) is 4.93. The first-order chi connectivity index (χ1) is 11.7. The third-order valence-electron chi connectivity index (χ3n) is 3.68. The van der Waals surface area contributed by atoms with Crippen LogP contribution in [0.25, 0.3) is 22.1 Å². The van der Waals surface area contributed by atoms with Crippen LogP contribution in [-0.4, -0.2) is 26.8 Å². The molecule has 0 saturated carbocycles. The first-order valence-electron chi connectivity index (χ1n) is 7.29. The van der Waals surface area contributed by atoms with Crippen LogP contribution in [0.4, 0.5) is 0 Å². The summed E-state index contributed by atoms with van der Waals surface area (Å²) in [6.45, 7) is 0. The summed E-state index contributed by atoms with van der Waals surface area (Å²) in [4.78, 5) is 20.0. The summed E-state index contributed by atoms with van der Waals surface area (Å²) in [5, 5.41) is 11.2. The largest absolute Gasteiger partial charge is 0.507 e. The van der Waals surface area contributed by atoms with Gasteiger partial charge in [-0.2, -0.15) is 0 Å². The van der Waals surface area contributed by atoms with Gasteiger partial charge in [0.2, 0.25) is 0 Å². The highest BCUT2D eigenvalue weighted by atomic mass is 32.2. The van der Waals surface area contributed by atoms with Gasteiger partial charge in [0.15, 0.2) is 0 Å². The summed E-state index contributed by atoms with van der Waals surface area (Å²) in [6, 6.07) is 13.3. The molecule has 4 rings (SSSR count). The smallest absolute Gasteiger partial charge is 0.257 e. The second kappa shape index (κ2) is 6.22. The maximum Gasteiger partial charge on any atom is 0.257 e. The summed E-state index contributed by atoms with van der Waals surface area (Å²) in [5.74, 6) is 0.390. The molecule has 6 heteroatoms. The quantitative estimate of drug-likeness (QED) is 0.561. The van der Waals surface area contributed by atoms with E-state index in [4.69, 9.17) is 0 Å². The van der Waals surface area contributed by atoms with Gasteiger partial charge in [0.1, 0.15) is 10.8 Å². The van der Waals surface area contributed by atoms with E-state index in [9.17, 15) is 9.90 Å². The summed E-state index contributed by atoms with van der Waals surface area (Å²) in [7, 11) is 0. The van der Waals surface area contributed by atoms with E-state index < -0.39 is 0 Å². The number of nitrogens with zero attached hydrogens (tertiary/aromatic N) is 2. The number of aliphatic hydroxyl groups excluding tert-OH is 1. The Morgan fingerprint density at radius 3 is 2.75 bits per heavy atom. The molecule has 2 aromatic carbocycles. The molecule has 0 aliphatic carbocycles. The van der Waals surface area contributed by atoms with E-state index in [-0.39, 0.29) is 11.7 Å². The predicted molar refractivity (Wildman–Crippen MR) is 101 cm³/mol. The average molecular weight is 352 g/mol.